The molecule has 1 saturated carbocycles. The van der Waals surface area contributed by atoms with Crippen LogP contribution in [0.25, 0.3) is 6.08 Å². The van der Waals surface area contributed by atoms with E-state index in [2.05, 4.69) is 24.6 Å². The molecule has 1 aliphatic carbocycles. The average molecular weight is 431 g/mol. The molecule has 2 N–H and O–H groups in total. The van der Waals surface area contributed by atoms with Gasteiger partial charge in [-0.2, -0.15) is 0 Å². The van der Waals surface area contributed by atoms with Crippen LogP contribution >= 0.6 is 0 Å². The minimum Gasteiger partial charge on any atom is -0.461 e. The van der Waals surface area contributed by atoms with Crippen LogP contribution < -0.4 is 10.8 Å². The molecule has 0 spiro atoms. The summed E-state index contributed by atoms with van der Waals surface area (Å²) >= 11 is 0. The highest BCUT2D eigenvalue weighted by molar-refractivity contribution is 5.90. The van der Waals surface area contributed by atoms with Gasteiger partial charge in [0.2, 0.25) is 0 Å². The van der Waals surface area contributed by atoms with Gasteiger partial charge in [-0.05, 0) is 76.0 Å². The van der Waals surface area contributed by atoms with E-state index in [1.54, 1.807) is 6.08 Å². The van der Waals surface area contributed by atoms with Crippen molar-refractivity contribution in [2.24, 2.45) is 5.92 Å². The van der Waals surface area contributed by atoms with Gasteiger partial charge in [0, 0.05) is 12.6 Å². The number of amides is 1. The highest BCUT2D eigenvalue weighted by Gasteiger charge is 2.37. The lowest BCUT2D eigenvalue weighted by Crippen LogP contribution is -2.51. The summed E-state index contributed by atoms with van der Waals surface area (Å²) in [7, 11) is 0. The van der Waals surface area contributed by atoms with Crippen LogP contribution in [0.5, 0.6) is 0 Å². The second-order valence-corrected chi connectivity index (χ2v) is 9.30. The lowest BCUT2D eigenvalue weighted by atomic mass is 9.90. The van der Waals surface area contributed by atoms with E-state index in [1.165, 1.54) is 6.08 Å². The molecular formula is C25H38N2O4. The lowest BCUT2D eigenvalue weighted by molar-refractivity contribution is -0.157. The summed E-state index contributed by atoms with van der Waals surface area (Å²) in [5.41, 5.74) is 3.63. The Morgan fingerprint density at radius 1 is 1.13 bits per heavy atom. The summed E-state index contributed by atoms with van der Waals surface area (Å²) in [4.78, 5) is 29.7. The van der Waals surface area contributed by atoms with E-state index in [0.717, 1.165) is 36.8 Å². The van der Waals surface area contributed by atoms with Gasteiger partial charge >= 0.3 is 5.97 Å². The van der Waals surface area contributed by atoms with Crippen molar-refractivity contribution in [1.82, 2.24) is 10.8 Å². The molecule has 1 aromatic rings. The van der Waals surface area contributed by atoms with Gasteiger partial charge in [0.05, 0.1) is 6.10 Å². The van der Waals surface area contributed by atoms with E-state index in [9.17, 15) is 9.59 Å². The molecule has 1 amide bonds. The zero-order valence-electron chi connectivity index (χ0n) is 19.6. The normalized spacial score (nSPS) is 16.7. The predicted octanol–water partition coefficient (Wildman–Crippen LogP) is 4.54. The first-order valence-corrected chi connectivity index (χ1v) is 11.4. The third kappa shape index (κ3) is 8.83. The van der Waals surface area contributed by atoms with Gasteiger partial charge in [0.1, 0.15) is 11.6 Å². The smallest absolute Gasteiger partial charge is 0.326 e. The third-order valence-corrected chi connectivity index (χ3v) is 5.33. The second kappa shape index (κ2) is 12.0. The number of hydroxylamine groups is 1. The fraction of sp³-hybridized carbons (Fsp3) is 0.600. The van der Waals surface area contributed by atoms with E-state index in [-0.39, 0.29) is 24.1 Å². The van der Waals surface area contributed by atoms with E-state index in [1.807, 2.05) is 45.0 Å². The van der Waals surface area contributed by atoms with Gasteiger partial charge in [-0.1, -0.05) is 38.1 Å². The van der Waals surface area contributed by atoms with Gasteiger partial charge in [-0.25, -0.2) is 5.48 Å². The SMILES string of the molecule is CC(C)C[C@@](C)(NCc1ccc(/C=C/C(=O)NOC(C)C)cc1)C(=O)OC1CCCC1. The van der Waals surface area contributed by atoms with Crippen molar-refractivity contribution in [3.05, 3.63) is 41.5 Å². The fourth-order valence-corrected chi connectivity index (χ4v) is 3.76. The molecule has 1 atom stereocenters. The molecule has 1 aliphatic rings. The van der Waals surface area contributed by atoms with Gasteiger partial charge < -0.3 is 4.74 Å². The molecule has 1 fully saturated rings. The Labute approximate surface area is 186 Å². The highest BCUT2D eigenvalue weighted by Crippen LogP contribution is 2.25. The topological polar surface area (TPSA) is 76.7 Å². The number of ether oxygens (including phenoxy) is 1. The largest absolute Gasteiger partial charge is 0.461 e. The summed E-state index contributed by atoms with van der Waals surface area (Å²) in [5.74, 6) is -0.0843. The molecule has 0 saturated heterocycles. The number of hydrogen-bond donors (Lipinski definition) is 2. The molecule has 0 aliphatic heterocycles. The minimum absolute atomic E-state index is 0.0648. The highest BCUT2D eigenvalue weighted by atomic mass is 16.7. The molecule has 6 nitrogen and oxygen atoms in total. The van der Waals surface area contributed by atoms with Crippen molar-refractivity contribution < 1.29 is 19.2 Å². The summed E-state index contributed by atoms with van der Waals surface area (Å²) < 4.78 is 5.82. The van der Waals surface area contributed by atoms with Crippen molar-refractivity contribution in [2.75, 3.05) is 0 Å². The molecule has 0 bridgehead atoms. The zero-order valence-corrected chi connectivity index (χ0v) is 19.6. The summed E-state index contributed by atoms with van der Waals surface area (Å²) in [6.45, 7) is 10.4. The Bertz CT molecular complexity index is 736. The number of carbonyl (C=O) groups excluding carboxylic acids is 2. The van der Waals surface area contributed by atoms with E-state index >= 15 is 0 Å². The number of carbonyl (C=O) groups is 2. The molecule has 2 rings (SSSR count). The van der Waals surface area contributed by atoms with Crippen LogP contribution in [0.1, 0.15) is 77.8 Å². The van der Waals surface area contributed by atoms with Crippen LogP contribution in [-0.4, -0.2) is 29.6 Å². The zero-order chi connectivity index (χ0) is 22.9. The summed E-state index contributed by atoms with van der Waals surface area (Å²) in [6, 6.07) is 7.88. The molecule has 0 aromatic heterocycles. The molecular weight excluding hydrogens is 392 g/mol. The van der Waals surface area contributed by atoms with Crippen LogP contribution in [-0.2, 0) is 25.7 Å². The number of esters is 1. The number of benzene rings is 1. The van der Waals surface area contributed by atoms with Crippen LogP contribution in [0.15, 0.2) is 30.3 Å². The standard InChI is InChI=1S/C25H38N2O4/c1-18(2)16-25(5,24(29)30-22-8-6-7-9-22)26-17-21-12-10-20(11-13-21)14-15-23(28)27-31-19(3)4/h10-15,18-19,22,26H,6-9,16-17H2,1-5H3,(H,27,28)/b15-14+/t25-/m1/s1. The number of rotatable bonds is 11. The second-order valence-electron chi connectivity index (χ2n) is 9.30. The van der Waals surface area contributed by atoms with Crippen molar-refractivity contribution >= 4 is 18.0 Å². The summed E-state index contributed by atoms with van der Waals surface area (Å²) in [5, 5.41) is 3.44. The van der Waals surface area contributed by atoms with E-state index < -0.39 is 5.54 Å². The van der Waals surface area contributed by atoms with Gasteiger partial charge in [-0.3, -0.25) is 19.7 Å². The van der Waals surface area contributed by atoms with Gasteiger partial charge in [0.15, 0.2) is 0 Å². The Kier molecular flexibility index (Phi) is 9.72. The first-order valence-electron chi connectivity index (χ1n) is 11.4. The van der Waals surface area contributed by atoms with E-state index in [4.69, 9.17) is 9.57 Å². The monoisotopic (exact) mass is 430 g/mol. The quantitative estimate of drug-likeness (QED) is 0.306. The van der Waals surface area contributed by atoms with Crippen molar-refractivity contribution in [2.45, 2.75) is 91.0 Å². The minimum atomic E-state index is -0.718. The average Bonchev–Trinajstić information content (AvgIpc) is 3.22. The number of nitrogens with one attached hydrogen (secondary N) is 2. The molecule has 6 heteroatoms. The molecule has 0 radical (unpaired) electrons. The fourth-order valence-electron chi connectivity index (χ4n) is 3.76. The van der Waals surface area contributed by atoms with E-state index in [0.29, 0.717) is 18.9 Å². The molecule has 172 valence electrons. The van der Waals surface area contributed by atoms with Gasteiger partial charge in [-0.15, -0.1) is 0 Å². The Hall–Kier alpha value is -2.18. The van der Waals surface area contributed by atoms with Crippen LogP contribution in [0.3, 0.4) is 0 Å². The van der Waals surface area contributed by atoms with Crippen LogP contribution in [0, 0.1) is 5.92 Å². The first kappa shape index (κ1) is 25.1. The van der Waals surface area contributed by atoms with Gasteiger partial charge in [0.25, 0.3) is 5.91 Å². The van der Waals surface area contributed by atoms with Crippen LogP contribution in [0.4, 0.5) is 0 Å². The molecule has 1 aromatic carbocycles. The third-order valence-electron chi connectivity index (χ3n) is 5.33. The first-order chi connectivity index (χ1) is 14.7. The maximum absolute atomic E-state index is 12.9. The van der Waals surface area contributed by atoms with Crippen molar-refractivity contribution in [3.8, 4) is 0 Å². The molecule has 0 heterocycles. The predicted molar refractivity (Wildman–Crippen MR) is 123 cm³/mol. The van der Waals surface area contributed by atoms with Crippen molar-refractivity contribution in [3.63, 3.8) is 0 Å². The maximum atomic E-state index is 12.9. The Balaban J connectivity index is 1.93. The molecule has 31 heavy (non-hydrogen) atoms. The van der Waals surface area contributed by atoms with Crippen LogP contribution in [0.2, 0.25) is 0 Å². The Morgan fingerprint density at radius 2 is 1.77 bits per heavy atom. The molecule has 0 unspecified atom stereocenters. The Morgan fingerprint density at radius 3 is 2.35 bits per heavy atom. The maximum Gasteiger partial charge on any atom is 0.326 e. The lowest BCUT2D eigenvalue weighted by Gasteiger charge is -2.31. The van der Waals surface area contributed by atoms with Crippen molar-refractivity contribution in [1.29, 1.82) is 0 Å². The number of hydrogen-bond acceptors (Lipinski definition) is 5. The summed E-state index contributed by atoms with van der Waals surface area (Å²) in [6.07, 6.45) is 8.11.